The molecule has 1 N–H and O–H groups in total. The van der Waals surface area contributed by atoms with Gasteiger partial charge in [-0.3, -0.25) is 0 Å². The minimum Gasteiger partial charge on any atom is -0.487 e. The highest BCUT2D eigenvalue weighted by Crippen LogP contribution is 2.29. The van der Waals surface area contributed by atoms with Gasteiger partial charge in [-0.05, 0) is 32.0 Å². The normalized spacial score (nSPS) is 17.0. The second-order valence-electron chi connectivity index (χ2n) is 5.32. The van der Waals surface area contributed by atoms with Crippen LogP contribution in [0, 0.1) is 0 Å². The van der Waals surface area contributed by atoms with Crippen molar-refractivity contribution in [3.63, 3.8) is 0 Å². The first-order valence-electron chi connectivity index (χ1n) is 6.99. The third kappa shape index (κ3) is 2.80. The van der Waals surface area contributed by atoms with Crippen molar-refractivity contribution in [2.45, 2.75) is 18.9 Å². The predicted octanol–water partition coefficient (Wildman–Crippen LogP) is 1.80. The first kappa shape index (κ1) is 13.8. The maximum absolute atomic E-state index is 11.4. The van der Waals surface area contributed by atoms with E-state index in [1.165, 1.54) is 0 Å². The van der Waals surface area contributed by atoms with Crippen LogP contribution in [0.1, 0.15) is 23.3 Å². The highest BCUT2D eigenvalue weighted by Gasteiger charge is 2.24. The van der Waals surface area contributed by atoms with Gasteiger partial charge in [0.1, 0.15) is 6.10 Å². The molecule has 1 aromatic heterocycles. The molecule has 21 heavy (non-hydrogen) atoms. The molecule has 0 spiro atoms. The van der Waals surface area contributed by atoms with E-state index in [4.69, 9.17) is 4.74 Å². The van der Waals surface area contributed by atoms with Crippen LogP contribution in [-0.2, 0) is 0 Å². The van der Waals surface area contributed by atoms with Gasteiger partial charge in [0.2, 0.25) is 5.69 Å². The standard InChI is InChI=1S/C15H17N3O3/c1-18-8-6-10(7-9-18)21-14-11-4-2-3-5-12(11)16-17-13(14)15(19)20/h2-5,10H,6-9H2,1H3,(H,19,20). The molecule has 1 aromatic carbocycles. The minimum atomic E-state index is -1.11. The average Bonchev–Trinajstić information content (AvgIpc) is 2.49. The summed E-state index contributed by atoms with van der Waals surface area (Å²) in [5, 5.41) is 17.8. The van der Waals surface area contributed by atoms with Crippen molar-refractivity contribution in [2.75, 3.05) is 20.1 Å². The van der Waals surface area contributed by atoms with Gasteiger partial charge < -0.3 is 14.7 Å². The van der Waals surface area contributed by atoms with Gasteiger partial charge in [-0.2, -0.15) is 0 Å². The third-order valence-electron chi connectivity index (χ3n) is 3.77. The second-order valence-corrected chi connectivity index (χ2v) is 5.32. The van der Waals surface area contributed by atoms with Gasteiger partial charge >= 0.3 is 5.97 Å². The smallest absolute Gasteiger partial charge is 0.360 e. The summed E-state index contributed by atoms with van der Waals surface area (Å²) in [4.78, 5) is 13.6. The number of carbonyl (C=O) groups is 1. The van der Waals surface area contributed by atoms with Crippen molar-refractivity contribution < 1.29 is 14.6 Å². The lowest BCUT2D eigenvalue weighted by atomic mass is 10.1. The van der Waals surface area contributed by atoms with E-state index in [0.29, 0.717) is 16.7 Å². The number of rotatable bonds is 3. The van der Waals surface area contributed by atoms with Crippen molar-refractivity contribution in [1.82, 2.24) is 15.1 Å². The van der Waals surface area contributed by atoms with E-state index in [1.807, 2.05) is 18.2 Å². The summed E-state index contributed by atoms with van der Waals surface area (Å²) in [6.45, 7) is 1.90. The fraction of sp³-hybridized carbons (Fsp3) is 0.400. The van der Waals surface area contributed by atoms with Crippen molar-refractivity contribution >= 4 is 16.9 Å². The molecule has 1 saturated heterocycles. The molecule has 110 valence electrons. The zero-order chi connectivity index (χ0) is 14.8. The number of ether oxygens (including phenoxy) is 1. The maximum atomic E-state index is 11.4. The molecule has 0 bridgehead atoms. The molecule has 2 aromatic rings. The zero-order valence-corrected chi connectivity index (χ0v) is 11.8. The van der Waals surface area contributed by atoms with Crippen LogP contribution in [0.15, 0.2) is 24.3 Å². The predicted molar refractivity (Wildman–Crippen MR) is 77.6 cm³/mol. The first-order valence-corrected chi connectivity index (χ1v) is 6.99. The Morgan fingerprint density at radius 3 is 2.71 bits per heavy atom. The summed E-state index contributed by atoms with van der Waals surface area (Å²) in [7, 11) is 2.07. The fourth-order valence-corrected chi connectivity index (χ4v) is 2.56. The molecule has 0 amide bonds. The van der Waals surface area contributed by atoms with Crippen molar-refractivity contribution in [3.8, 4) is 5.75 Å². The Morgan fingerprint density at radius 1 is 1.29 bits per heavy atom. The molecular weight excluding hydrogens is 270 g/mol. The molecule has 6 heteroatoms. The number of carboxylic acids is 1. The number of aromatic carboxylic acids is 1. The van der Waals surface area contributed by atoms with E-state index in [9.17, 15) is 9.90 Å². The summed E-state index contributed by atoms with van der Waals surface area (Å²) in [5.74, 6) is -0.779. The van der Waals surface area contributed by atoms with Crippen LogP contribution in [0.3, 0.4) is 0 Å². The van der Waals surface area contributed by atoms with Gasteiger partial charge in [0.25, 0.3) is 0 Å². The Morgan fingerprint density at radius 2 is 2.00 bits per heavy atom. The Hall–Kier alpha value is -2.21. The zero-order valence-electron chi connectivity index (χ0n) is 11.8. The average molecular weight is 287 g/mol. The van der Waals surface area contributed by atoms with Crippen molar-refractivity contribution in [1.29, 1.82) is 0 Å². The van der Waals surface area contributed by atoms with Crippen molar-refractivity contribution in [3.05, 3.63) is 30.0 Å². The maximum Gasteiger partial charge on any atom is 0.360 e. The molecule has 2 heterocycles. The number of nitrogens with zero attached hydrogens (tertiary/aromatic N) is 3. The monoisotopic (exact) mass is 287 g/mol. The van der Waals surface area contributed by atoms with E-state index in [2.05, 4.69) is 22.1 Å². The number of aromatic nitrogens is 2. The molecule has 3 rings (SSSR count). The molecule has 0 aliphatic carbocycles. The van der Waals surface area contributed by atoms with Crippen LogP contribution in [0.5, 0.6) is 5.75 Å². The SMILES string of the molecule is CN1CCC(Oc2c(C(=O)O)nnc3ccccc23)CC1. The largest absolute Gasteiger partial charge is 0.487 e. The van der Waals surface area contributed by atoms with E-state index >= 15 is 0 Å². The number of fused-ring (bicyclic) bond motifs is 1. The Labute approximate surface area is 122 Å². The fourth-order valence-electron chi connectivity index (χ4n) is 2.56. The molecule has 0 unspecified atom stereocenters. The van der Waals surface area contributed by atoms with Crippen LogP contribution in [0.25, 0.3) is 10.9 Å². The number of benzene rings is 1. The number of likely N-dealkylation sites (tertiary alicyclic amines) is 1. The molecule has 1 aliphatic rings. The first-order chi connectivity index (χ1) is 10.1. The second kappa shape index (κ2) is 5.65. The Kier molecular flexibility index (Phi) is 3.70. The third-order valence-corrected chi connectivity index (χ3v) is 3.77. The molecule has 0 radical (unpaired) electrons. The number of piperidine rings is 1. The molecule has 1 aliphatic heterocycles. The summed E-state index contributed by atoms with van der Waals surface area (Å²) in [6.07, 6.45) is 1.78. The van der Waals surface area contributed by atoms with Crippen LogP contribution in [-0.4, -0.2) is 52.4 Å². The summed E-state index contributed by atoms with van der Waals surface area (Å²) in [6, 6.07) is 7.31. The summed E-state index contributed by atoms with van der Waals surface area (Å²) >= 11 is 0. The van der Waals surface area contributed by atoms with E-state index < -0.39 is 5.97 Å². The Bertz CT molecular complexity index is 666. The van der Waals surface area contributed by atoms with Crippen LogP contribution in [0.2, 0.25) is 0 Å². The molecule has 0 saturated carbocycles. The highest BCUT2D eigenvalue weighted by atomic mass is 16.5. The lowest BCUT2D eigenvalue weighted by Crippen LogP contribution is -2.36. The number of carboxylic acid groups (broad SMARTS) is 1. The quantitative estimate of drug-likeness (QED) is 0.927. The van der Waals surface area contributed by atoms with Crippen LogP contribution in [0.4, 0.5) is 0 Å². The van der Waals surface area contributed by atoms with E-state index in [1.54, 1.807) is 6.07 Å². The van der Waals surface area contributed by atoms with Crippen LogP contribution >= 0.6 is 0 Å². The minimum absolute atomic E-state index is 0.0203. The van der Waals surface area contributed by atoms with Gasteiger partial charge in [-0.25, -0.2) is 4.79 Å². The van der Waals surface area contributed by atoms with Gasteiger partial charge in [0.15, 0.2) is 5.75 Å². The number of hydrogen-bond acceptors (Lipinski definition) is 5. The van der Waals surface area contributed by atoms with Gasteiger partial charge in [-0.1, -0.05) is 12.1 Å². The van der Waals surface area contributed by atoms with E-state index in [-0.39, 0.29) is 11.8 Å². The van der Waals surface area contributed by atoms with Crippen molar-refractivity contribution in [2.24, 2.45) is 0 Å². The highest BCUT2D eigenvalue weighted by molar-refractivity contribution is 5.96. The lowest BCUT2D eigenvalue weighted by molar-refractivity contribution is 0.0672. The topological polar surface area (TPSA) is 75.5 Å². The van der Waals surface area contributed by atoms with Crippen LogP contribution < -0.4 is 4.74 Å². The summed E-state index contributed by atoms with van der Waals surface area (Å²) < 4.78 is 6.00. The van der Waals surface area contributed by atoms with Gasteiger partial charge in [0, 0.05) is 18.5 Å². The Balaban J connectivity index is 1.98. The summed E-state index contributed by atoms with van der Waals surface area (Å²) in [5.41, 5.74) is 0.526. The van der Waals surface area contributed by atoms with Gasteiger partial charge in [-0.15, -0.1) is 10.2 Å². The molecular formula is C15H17N3O3. The molecule has 1 fully saturated rings. The van der Waals surface area contributed by atoms with E-state index in [0.717, 1.165) is 25.9 Å². The van der Waals surface area contributed by atoms with Gasteiger partial charge in [0.05, 0.1) is 5.52 Å². The number of hydrogen-bond donors (Lipinski definition) is 1. The molecule has 6 nitrogen and oxygen atoms in total. The lowest BCUT2D eigenvalue weighted by Gasteiger charge is -2.29. The molecule has 0 atom stereocenters.